The Kier molecular flexibility index (Phi) is 7.44. The lowest BCUT2D eigenvalue weighted by Crippen LogP contribution is -1.98. The molecule has 0 aliphatic heterocycles. The second kappa shape index (κ2) is 10.0. The Hall–Kier alpha value is -3.27. The molecule has 0 aliphatic carbocycles. The average molecular weight is 364 g/mol. The predicted octanol–water partition coefficient (Wildman–Crippen LogP) is 4.89. The summed E-state index contributed by atoms with van der Waals surface area (Å²) in [6, 6.07) is 10.8. The Morgan fingerprint density at radius 3 is 2.37 bits per heavy atom. The van der Waals surface area contributed by atoms with Gasteiger partial charge < -0.3 is 14.2 Å². The molecule has 0 saturated carbocycles. The van der Waals surface area contributed by atoms with E-state index in [2.05, 4.69) is 13.2 Å². The molecule has 0 amide bonds. The average Bonchev–Trinajstić information content (AvgIpc) is 2.70. The van der Waals surface area contributed by atoms with Crippen molar-refractivity contribution >= 4 is 11.9 Å². The maximum absolute atomic E-state index is 12.4. The van der Waals surface area contributed by atoms with Crippen molar-refractivity contribution in [2.24, 2.45) is 0 Å². The van der Waals surface area contributed by atoms with Gasteiger partial charge in [-0.05, 0) is 54.5 Å². The third-order valence-electron chi connectivity index (χ3n) is 3.88. The van der Waals surface area contributed by atoms with Gasteiger partial charge in [-0.1, -0.05) is 24.8 Å². The number of carbonyl (C=O) groups is 1. The topological polar surface area (TPSA) is 44.8 Å². The van der Waals surface area contributed by atoms with Crippen molar-refractivity contribution in [3.8, 4) is 17.2 Å². The summed E-state index contributed by atoms with van der Waals surface area (Å²) in [5, 5.41) is 0. The number of hydrogen-bond acceptors (Lipinski definition) is 4. The number of rotatable bonds is 10. The van der Waals surface area contributed by atoms with E-state index in [1.165, 1.54) is 0 Å². The zero-order chi connectivity index (χ0) is 19.6. The van der Waals surface area contributed by atoms with E-state index in [4.69, 9.17) is 14.2 Å². The summed E-state index contributed by atoms with van der Waals surface area (Å²) in [6.45, 7) is 7.81. The van der Waals surface area contributed by atoms with E-state index < -0.39 is 0 Å². The number of ketones is 1. The monoisotopic (exact) mass is 364 g/mol. The maximum atomic E-state index is 12.4. The molecule has 0 aliphatic rings. The molecule has 0 fully saturated rings. The number of carbonyl (C=O) groups excluding carboxylic acids is 1. The molecule has 4 heteroatoms. The van der Waals surface area contributed by atoms with Gasteiger partial charge in [-0.25, -0.2) is 0 Å². The maximum Gasteiger partial charge on any atom is 0.185 e. The molecule has 0 aromatic heterocycles. The van der Waals surface area contributed by atoms with Crippen LogP contribution in [0.3, 0.4) is 0 Å². The molecule has 0 spiro atoms. The number of allylic oxidation sites excluding steroid dienone is 2. The fraction of sp³-hybridized carbons (Fsp3) is 0.174. The predicted molar refractivity (Wildman–Crippen MR) is 109 cm³/mol. The Balaban J connectivity index is 2.20. The van der Waals surface area contributed by atoms with Gasteiger partial charge >= 0.3 is 0 Å². The summed E-state index contributed by atoms with van der Waals surface area (Å²) in [4.78, 5) is 12.4. The molecule has 2 rings (SSSR count). The molecule has 4 nitrogen and oxygen atoms in total. The first-order valence-electron chi connectivity index (χ1n) is 8.54. The Labute approximate surface area is 160 Å². The van der Waals surface area contributed by atoms with Gasteiger partial charge in [-0.15, -0.1) is 6.58 Å². The second-order valence-corrected chi connectivity index (χ2v) is 5.73. The van der Waals surface area contributed by atoms with Crippen LogP contribution in [0.15, 0.2) is 67.8 Å². The molecule has 2 aromatic carbocycles. The van der Waals surface area contributed by atoms with E-state index in [9.17, 15) is 4.79 Å². The van der Waals surface area contributed by atoms with Gasteiger partial charge in [0.15, 0.2) is 17.3 Å². The van der Waals surface area contributed by atoms with Crippen LogP contribution in [0, 0.1) is 0 Å². The lowest BCUT2D eigenvalue weighted by molar-refractivity contribution is 0.104. The van der Waals surface area contributed by atoms with E-state index in [0.717, 1.165) is 11.1 Å². The van der Waals surface area contributed by atoms with Crippen molar-refractivity contribution < 1.29 is 19.0 Å². The number of methoxy groups -OCH3 is 2. The van der Waals surface area contributed by atoms with Crippen LogP contribution in [0.5, 0.6) is 17.2 Å². The summed E-state index contributed by atoms with van der Waals surface area (Å²) in [5.41, 5.74) is 2.38. The molecular formula is C23H24O4. The smallest absolute Gasteiger partial charge is 0.185 e. The summed E-state index contributed by atoms with van der Waals surface area (Å²) < 4.78 is 16.3. The summed E-state index contributed by atoms with van der Waals surface area (Å²) in [6.07, 6.45) is 7.41. The Morgan fingerprint density at radius 1 is 1.04 bits per heavy atom. The summed E-state index contributed by atoms with van der Waals surface area (Å²) in [5.74, 6) is 1.90. The van der Waals surface area contributed by atoms with E-state index in [-0.39, 0.29) is 5.78 Å². The van der Waals surface area contributed by atoms with Crippen molar-refractivity contribution in [3.63, 3.8) is 0 Å². The van der Waals surface area contributed by atoms with Crippen LogP contribution >= 0.6 is 0 Å². The molecular weight excluding hydrogens is 340 g/mol. The molecule has 0 unspecified atom stereocenters. The highest BCUT2D eigenvalue weighted by molar-refractivity contribution is 6.06. The molecule has 0 bridgehead atoms. The van der Waals surface area contributed by atoms with Gasteiger partial charge in [-0.3, -0.25) is 4.79 Å². The van der Waals surface area contributed by atoms with Gasteiger partial charge in [-0.2, -0.15) is 0 Å². The summed E-state index contributed by atoms with van der Waals surface area (Å²) >= 11 is 0. The van der Waals surface area contributed by atoms with E-state index in [0.29, 0.717) is 35.8 Å². The van der Waals surface area contributed by atoms with Crippen LogP contribution in [-0.2, 0) is 6.42 Å². The highest BCUT2D eigenvalue weighted by Crippen LogP contribution is 2.33. The van der Waals surface area contributed by atoms with Crippen molar-refractivity contribution in [1.82, 2.24) is 0 Å². The van der Waals surface area contributed by atoms with Crippen LogP contribution in [0.25, 0.3) is 6.08 Å². The van der Waals surface area contributed by atoms with Crippen LogP contribution in [0.4, 0.5) is 0 Å². The van der Waals surface area contributed by atoms with Crippen molar-refractivity contribution in [2.75, 3.05) is 20.8 Å². The molecule has 2 aromatic rings. The summed E-state index contributed by atoms with van der Waals surface area (Å²) in [7, 11) is 3.19. The second-order valence-electron chi connectivity index (χ2n) is 5.73. The van der Waals surface area contributed by atoms with Gasteiger partial charge in [0.05, 0.1) is 14.2 Å². The molecule has 0 heterocycles. The molecule has 27 heavy (non-hydrogen) atoms. The first-order chi connectivity index (χ1) is 13.1. The van der Waals surface area contributed by atoms with Crippen LogP contribution in [0.1, 0.15) is 21.5 Å². The van der Waals surface area contributed by atoms with E-state index >= 15 is 0 Å². The van der Waals surface area contributed by atoms with Crippen LogP contribution in [0.2, 0.25) is 0 Å². The quantitative estimate of drug-likeness (QED) is 0.342. The zero-order valence-corrected chi connectivity index (χ0v) is 15.7. The van der Waals surface area contributed by atoms with Crippen molar-refractivity contribution in [2.45, 2.75) is 6.42 Å². The molecule has 0 saturated heterocycles. The molecule has 0 N–H and O–H groups in total. The standard InChI is InChI=1S/C23H24O4/c1-5-7-19-15-17(16-22(25-3)23(19)26-4)8-13-21(24)18-9-11-20(12-10-18)27-14-6-2/h5-6,8-13,15-16H,1-2,7,14H2,3-4H3. The SMILES string of the molecule is C=CCOc1ccc(C(=O)C=Cc2cc(CC=C)c(OC)c(OC)c2)cc1. The largest absolute Gasteiger partial charge is 0.493 e. The van der Waals surface area contributed by atoms with E-state index in [1.807, 2.05) is 12.1 Å². The molecule has 0 radical (unpaired) electrons. The normalized spacial score (nSPS) is 10.4. The number of ether oxygens (including phenoxy) is 3. The Bertz CT molecular complexity index is 832. The minimum atomic E-state index is -0.0923. The van der Waals surface area contributed by atoms with Crippen molar-refractivity contribution in [3.05, 3.63) is 84.5 Å². The van der Waals surface area contributed by atoms with Gasteiger partial charge in [0.2, 0.25) is 0 Å². The lowest BCUT2D eigenvalue weighted by atomic mass is 10.0. The number of hydrogen-bond donors (Lipinski definition) is 0. The van der Waals surface area contributed by atoms with Gasteiger partial charge in [0, 0.05) is 11.1 Å². The fourth-order valence-corrected chi connectivity index (χ4v) is 2.61. The minimum absolute atomic E-state index is 0.0923. The molecule has 140 valence electrons. The highest BCUT2D eigenvalue weighted by Gasteiger charge is 2.11. The molecule has 0 atom stereocenters. The first kappa shape index (κ1) is 20.0. The van der Waals surface area contributed by atoms with Gasteiger partial charge in [0.1, 0.15) is 12.4 Å². The highest BCUT2D eigenvalue weighted by atomic mass is 16.5. The van der Waals surface area contributed by atoms with Crippen LogP contribution < -0.4 is 14.2 Å². The van der Waals surface area contributed by atoms with Crippen LogP contribution in [-0.4, -0.2) is 26.6 Å². The van der Waals surface area contributed by atoms with E-state index in [1.54, 1.807) is 62.8 Å². The lowest BCUT2D eigenvalue weighted by Gasteiger charge is -2.13. The number of benzene rings is 2. The van der Waals surface area contributed by atoms with Gasteiger partial charge in [0.25, 0.3) is 0 Å². The third-order valence-corrected chi connectivity index (χ3v) is 3.88. The Morgan fingerprint density at radius 2 is 1.78 bits per heavy atom. The fourth-order valence-electron chi connectivity index (χ4n) is 2.61. The third kappa shape index (κ3) is 5.35. The zero-order valence-electron chi connectivity index (χ0n) is 15.7. The minimum Gasteiger partial charge on any atom is -0.493 e. The van der Waals surface area contributed by atoms with Crippen molar-refractivity contribution in [1.29, 1.82) is 0 Å². The first-order valence-corrected chi connectivity index (χ1v) is 8.54.